The fraction of sp³-hybridized carbons (Fsp3) is 0.316. The van der Waals surface area contributed by atoms with Gasteiger partial charge in [-0.3, -0.25) is 0 Å². The van der Waals surface area contributed by atoms with Gasteiger partial charge in [0.1, 0.15) is 0 Å². The van der Waals surface area contributed by atoms with Crippen LogP contribution in [0.1, 0.15) is 45.1 Å². The number of esters is 1. The molecule has 0 saturated heterocycles. The maximum atomic E-state index is 12.9. The topological polar surface area (TPSA) is 77.2 Å². The summed E-state index contributed by atoms with van der Waals surface area (Å²) in [6.45, 7) is 7.28. The van der Waals surface area contributed by atoms with Crippen molar-refractivity contribution in [1.82, 2.24) is 15.5 Å². The minimum absolute atomic E-state index is 0.271. The number of rotatable bonds is 4. The van der Waals surface area contributed by atoms with Crippen molar-refractivity contribution in [2.75, 3.05) is 0 Å². The van der Waals surface area contributed by atoms with Gasteiger partial charge < -0.3 is 14.6 Å². The molecule has 2 aromatic rings. The van der Waals surface area contributed by atoms with E-state index in [4.69, 9.17) is 32.5 Å². The van der Waals surface area contributed by atoms with Gasteiger partial charge in [-0.05, 0) is 39.3 Å². The van der Waals surface area contributed by atoms with Gasteiger partial charge in [-0.2, -0.15) is 4.98 Å². The zero-order chi connectivity index (χ0) is 19.7. The van der Waals surface area contributed by atoms with E-state index in [1.165, 1.54) is 6.33 Å². The van der Waals surface area contributed by atoms with E-state index in [1.54, 1.807) is 26.0 Å². The highest BCUT2D eigenvalue weighted by molar-refractivity contribution is 6.42. The summed E-state index contributed by atoms with van der Waals surface area (Å²) in [6, 6.07) is 5.30. The van der Waals surface area contributed by atoms with Gasteiger partial charge in [0.2, 0.25) is 0 Å². The van der Waals surface area contributed by atoms with Crippen molar-refractivity contribution in [2.45, 2.75) is 39.7 Å². The van der Waals surface area contributed by atoms with Gasteiger partial charge in [0, 0.05) is 17.0 Å². The summed E-state index contributed by atoms with van der Waals surface area (Å²) in [5, 5.41) is 7.66. The lowest BCUT2D eigenvalue weighted by atomic mass is 9.80. The third-order valence-electron chi connectivity index (χ3n) is 4.21. The lowest BCUT2D eigenvalue weighted by Gasteiger charge is -2.31. The molecule has 1 aliphatic rings. The molecular weight excluding hydrogens is 389 g/mol. The lowest BCUT2D eigenvalue weighted by Crippen LogP contribution is -2.29. The number of hydrogen-bond acceptors (Lipinski definition) is 6. The molecule has 0 saturated carbocycles. The van der Waals surface area contributed by atoms with E-state index in [9.17, 15) is 4.79 Å². The first-order valence-corrected chi connectivity index (χ1v) is 9.17. The molecule has 0 amide bonds. The molecule has 27 heavy (non-hydrogen) atoms. The number of dihydropyridines is 1. The highest BCUT2D eigenvalue weighted by atomic mass is 35.5. The van der Waals surface area contributed by atoms with Crippen molar-refractivity contribution in [2.24, 2.45) is 0 Å². The zero-order valence-corrected chi connectivity index (χ0v) is 16.9. The van der Waals surface area contributed by atoms with E-state index in [1.807, 2.05) is 19.9 Å². The van der Waals surface area contributed by atoms with Crippen LogP contribution >= 0.6 is 23.2 Å². The van der Waals surface area contributed by atoms with Gasteiger partial charge in [-0.15, -0.1) is 0 Å². The van der Waals surface area contributed by atoms with E-state index in [0.717, 1.165) is 5.70 Å². The average Bonchev–Trinajstić information content (AvgIpc) is 3.10. The second-order valence-electron chi connectivity index (χ2n) is 6.48. The fourth-order valence-corrected chi connectivity index (χ4v) is 3.59. The Labute approximate surface area is 167 Å². The Morgan fingerprint density at radius 1 is 1.26 bits per heavy atom. The maximum absolute atomic E-state index is 12.9. The van der Waals surface area contributed by atoms with Crippen LogP contribution in [-0.2, 0) is 9.53 Å². The van der Waals surface area contributed by atoms with Crippen LogP contribution in [-0.4, -0.2) is 22.2 Å². The molecule has 6 nitrogen and oxygen atoms in total. The van der Waals surface area contributed by atoms with Crippen LogP contribution in [0.25, 0.3) is 5.57 Å². The number of carbonyl (C=O) groups is 1. The number of nitrogens with zero attached hydrogens (tertiary/aromatic N) is 2. The van der Waals surface area contributed by atoms with Crippen LogP contribution in [0.3, 0.4) is 0 Å². The Morgan fingerprint density at radius 2 is 2.00 bits per heavy atom. The van der Waals surface area contributed by atoms with E-state index in [2.05, 4.69) is 15.5 Å². The number of allylic oxidation sites excluding steroid dienone is 3. The molecule has 0 bridgehead atoms. The van der Waals surface area contributed by atoms with E-state index in [0.29, 0.717) is 38.3 Å². The Morgan fingerprint density at radius 3 is 2.63 bits per heavy atom. The van der Waals surface area contributed by atoms with Crippen molar-refractivity contribution < 1.29 is 14.1 Å². The normalized spacial score (nSPS) is 17.4. The summed E-state index contributed by atoms with van der Waals surface area (Å²) < 4.78 is 10.8. The van der Waals surface area contributed by atoms with Gasteiger partial charge in [-0.1, -0.05) is 40.5 Å². The van der Waals surface area contributed by atoms with Crippen LogP contribution in [0.2, 0.25) is 10.0 Å². The SMILES string of the molecule is CC1=C(C(=O)OC(C)C)C(c2cccc(Cl)c2Cl)C(c2ncno2)=C(C)N1. The molecule has 142 valence electrons. The molecule has 0 fully saturated rings. The van der Waals surface area contributed by atoms with Crippen molar-refractivity contribution in [3.8, 4) is 0 Å². The molecule has 2 heterocycles. The van der Waals surface area contributed by atoms with Crippen LogP contribution in [0.5, 0.6) is 0 Å². The van der Waals surface area contributed by atoms with Crippen LogP contribution in [0.4, 0.5) is 0 Å². The fourth-order valence-electron chi connectivity index (χ4n) is 3.17. The quantitative estimate of drug-likeness (QED) is 0.738. The summed E-state index contributed by atoms with van der Waals surface area (Å²) in [5.74, 6) is -0.715. The standard InChI is InChI=1S/C19H19Cl2N3O3/c1-9(2)26-19(25)15-11(4)24-10(3)14(18-22-8-23-27-18)16(15)12-6-5-7-13(20)17(12)21/h5-9,16,24H,1-4H3. The number of hydrogen-bond donors (Lipinski definition) is 1. The Balaban J connectivity index is 2.24. The smallest absolute Gasteiger partial charge is 0.337 e. The van der Waals surface area contributed by atoms with Crippen molar-refractivity contribution in [1.29, 1.82) is 0 Å². The van der Waals surface area contributed by atoms with E-state index < -0.39 is 11.9 Å². The highest BCUT2D eigenvalue weighted by Crippen LogP contribution is 2.46. The summed E-state index contributed by atoms with van der Waals surface area (Å²) in [4.78, 5) is 17.1. The van der Waals surface area contributed by atoms with E-state index in [-0.39, 0.29) is 6.10 Å². The summed E-state index contributed by atoms with van der Waals surface area (Å²) in [5.41, 5.74) is 3.18. The van der Waals surface area contributed by atoms with Crippen molar-refractivity contribution in [3.05, 3.63) is 63.0 Å². The molecule has 1 aromatic heterocycles. The molecule has 1 atom stereocenters. The first kappa shape index (κ1) is 19.5. The molecule has 1 N–H and O–H groups in total. The van der Waals surface area contributed by atoms with Crippen LogP contribution < -0.4 is 5.32 Å². The minimum Gasteiger partial charge on any atom is -0.460 e. The number of benzene rings is 1. The van der Waals surface area contributed by atoms with Gasteiger partial charge in [0.15, 0.2) is 6.33 Å². The molecule has 1 aromatic carbocycles. The van der Waals surface area contributed by atoms with Gasteiger partial charge >= 0.3 is 5.97 Å². The number of carbonyl (C=O) groups excluding carboxylic acids is 1. The monoisotopic (exact) mass is 407 g/mol. The van der Waals surface area contributed by atoms with Crippen LogP contribution in [0, 0.1) is 0 Å². The van der Waals surface area contributed by atoms with Crippen LogP contribution in [0.15, 0.2) is 46.0 Å². The highest BCUT2D eigenvalue weighted by Gasteiger charge is 2.38. The first-order chi connectivity index (χ1) is 12.8. The van der Waals surface area contributed by atoms with E-state index >= 15 is 0 Å². The summed E-state index contributed by atoms with van der Waals surface area (Å²) >= 11 is 12.8. The second-order valence-corrected chi connectivity index (χ2v) is 7.26. The van der Waals surface area contributed by atoms with Gasteiger partial charge in [0.05, 0.1) is 27.6 Å². The Bertz CT molecular complexity index is 934. The first-order valence-electron chi connectivity index (χ1n) is 8.41. The second kappa shape index (κ2) is 7.74. The predicted molar refractivity (Wildman–Crippen MR) is 103 cm³/mol. The summed E-state index contributed by atoms with van der Waals surface area (Å²) in [7, 11) is 0. The lowest BCUT2D eigenvalue weighted by molar-refractivity contribution is -0.142. The van der Waals surface area contributed by atoms with Crippen molar-refractivity contribution in [3.63, 3.8) is 0 Å². The molecule has 0 aliphatic carbocycles. The molecular formula is C19H19Cl2N3O3. The largest absolute Gasteiger partial charge is 0.460 e. The summed E-state index contributed by atoms with van der Waals surface area (Å²) in [6.07, 6.45) is 1.04. The Hall–Kier alpha value is -2.31. The molecule has 0 radical (unpaired) electrons. The van der Waals surface area contributed by atoms with Gasteiger partial charge in [-0.25, -0.2) is 4.79 Å². The predicted octanol–water partition coefficient (Wildman–Crippen LogP) is 4.72. The average molecular weight is 408 g/mol. The molecule has 1 aliphatic heterocycles. The molecule has 8 heteroatoms. The zero-order valence-electron chi connectivity index (χ0n) is 15.3. The molecule has 0 spiro atoms. The number of ether oxygens (including phenoxy) is 1. The maximum Gasteiger partial charge on any atom is 0.337 e. The van der Waals surface area contributed by atoms with Gasteiger partial charge in [0.25, 0.3) is 5.89 Å². The number of nitrogens with one attached hydrogen (secondary N) is 1. The number of halogens is 2. The Kier molecular flexibility index (Phi) is 5.58. The van der Waals surface area contributed by atoms with Crippen molar-refractivity contribution >= 4 is 34.7 Å². The minimum atomic E-state index is -0.566. The molecule has 3 rings (SSSR count). The third-order valence-corrected chi connectivity index (χ3v) is 5.04. The third kappa shape index (κ3) is 3.73. The number of aromatic nitrogens is 2. The molecule has 1 unspecified atom stereocenters.